The molecule has 2 aliphatic rings. The minimum Gasteiger partial charge on any atom is -0.507 e. The zero-order chi connectivity index (χ0) is 31.6. The van der Waals surface area contributed by atoms with Crippen molar-refractivity contribution in [3.05, 3.63) is 115 Å². The van der Waals surface area contributed by atoms with Gasteiger partial charge in [-0.25, -0.2) is 0 Å². The van der Waals surface area contributed by atoms with Gasteiger partial charge < -0.3 is 28.8 Å². The number of aromatic hydroxyl groups is 1. The Morgan fingerprint density at radius 3 is 2.30 bits per heavy atom. The maximum atomic E-state index is 10.8. The predicted molar refractivity (Wildman–Crippen MR) is 178 cm³/mol. The average Bonchev–Trinajstić information content (AvgIpc) is 3.54. The number of methoxy groups -OCH3 is 1. The Balaban J connectivity index is 1.15. The molecule has 0 radical (unpaired) electrons. The zero-order valence-electron chi connectivity index (χ0n) is 25.9. The molecule has 1 aromatic heterocycles. The first kappa shape index (κ1) is 29.3. The number of rotatable bonds is 11. The van der Waals surface area contributed by atoms with Crippen LogP contribution in [-0.2, 0) is 25.8 Å². The number of hydrogen-bond donors (Lipinski definition) is 1. The second-order valence-electron chi connectivity index (χ2n) is 11.4. The highest BCUT2D eigenvalue weighted by molar-refractivity contribution is 5.91. The van der Waals surface area contributed by atoms with Crippen LogP contribution in [0.15, 0.2) is 98.2 Å². The summed E-state index contributed by atoms with van der Waals surface area (Å²) in [6, 6.07) is 22.0. The number of pyridine rings is 1. The van der Waals surface area contributed by atoms with Crippen molar-refractivity contribution in [1.82, 2.24) is 0 Å². The van der Waals surface area contributed by atoms with Gasteiger partial charge in [-0.2, -0.15) is 4.57 Å². The van der Waals surface area contributed by atoms with E-state index in [0.717, 1.165) is 63.2 Å². The van der Waals surface area contributed by atoms with Crippen LogP contribution in [0, 0.1) is 0 Å². The average molecular weight is 615 g/mol. The molecule has 0 atom stereocenters. The molecule has 3 heterocycles. The number of phenolic OH excluding ortho intramolecular Hbond substituents is 1. The number of aryl methyl sites for hydroxylation is 2. The highest BCUT2D eigenvalue weighted by Gasteiger charge is 2.28. The smallest absolute Gasteiger partial charge is 0.231 e. The molecule has 0 bridgehead atoms. The molecular weight excluding hydrogens is 578 g/mol. The number of nitrogens with zero attached hydrogens (tertiary/aromatic N) is 1. The molecule has 1 N–H and O–H groups in total. The first-order valence-electron chi connectivity index (χ1n) is 15.5. The lowest BCUT2D eigenvalue weighted by molar-refractivity contribution is -0.686. The lowest BCUT2D eigenvalue weighted by atomic mass is 9.95. The van der Waals surface area contributed by atoms with Crippen LogP contribution in [0.1, 0.15) is 16.7 Å². The highest BCUT2D eigenvalue weighted by Crippen LogP contribution is 2.42. The zero-order valence-corrected chi connectivity index (χ0v) is 25.9. The van der Waals surface area contributed by atoms with Crippen molar-refractivity contribution in [2.24, 2.45) is 0 Å². The molecule has 232 valence electrons. The van der Waals surface area contributed by atoms with E-state index in [4.69, 9.17) is 23.7 Å². The first-order valence-corrected chi connectivity index (χ1v) is 15.5. The molecule has 0 saturated carbocycles. The Bertz CT molecular complexity index is 1980. The molecule has 7 rings (SSSR count). The maximum Gasteiger partial charge on any atom is 0.231 e. The number of phenols is 1. The molecule has 0 saturated heterocycles. The molecule has 0 aliphatic carbocycles. The van der Waals surface area contributed by atoms with E-state index in [-0.39, 0.29) is 12.5 Å². The van der Waals surface area contributed by atoms with E-state index in [1.54, 1.807) is 13.2 Å². The Morgan fingerprint density at radius 2 is 1.52 bits per heavy atom. The molecule has 4 aromatic carbocycles. The third-order valence-electron chi connectivity index (χ3n) is 8.54. The van der Waals surface area contributed by atoms with E-state index in [1.165, 1.54) is 5.56 Å². The molecule has 0 fully saturated rings. The van der Waals surface area contributed by atoms with E-state index < -0.39 is 0 Å². The van der Waals surface area contributed by atoms with Crippen LogP contribution >= 0.6 is 0 Å². The van der Waals surface area contributed by atoms with Crippen LogP contribution in [0.5, 0.6) is 34.5 Å². The van der Waals surface area contributed by atoms with Gasteiger partial charge in [-0.3, -0.25) is 0 Å². The van der Waals surface area contributed by atoms with Crippen molar-refractivity contribution < 1.29 is 33.4 Å². The Kier molecular flexibility index (Phi) is 7.97. The van der Waals surface area contributed by atoms with Gasteiger partial charge in [-0.05, 0) is 83.4 Å². The molecule has 0 amide bonds. The molecular formula is C39H36NO6+. The number of benzene rings is 4. The Labute approximate surface area is 268 Å². The van der Waals surface area contributed by atoms with Gasteiger partial charge in [0, 0.05) is 23.6 Å². The lowest BCUT2D eigenvalue weighted by Crippen LogP contribution is -2.40. The van der Waals surface area contributed by atoms with Crippen molar-refractivity contribution in [1.29, 1.82) is 0 Å². The second-order valence-corrected chi connectivity index (χ2v) is 11.4. The van der Waals surface area contributed by atoms with Crippen molar-refractivity contribution in [3.8, 4) is 56.9 Å². The Morgan fingerprint density at radius 1 is 0.804 bits per heavy atom. The third kappa shape index (κ3) is 5.49. The molecule has 0 unspecified atom stereocenters. The maximum absolute atomic E-state index is 10.8. The van der Waals surface area contributed by atoms with Gasteiger partial charge >= 0.3 is 0 Å². The van der Waals surface area contributed by atoms with Gasteiger partial charge in [0.15, 0.2) is 35.7 Å². The summed E-state index contributed by atoms with van der Waals surface area (Å²) in [5.41, 5.74) is 7.20. The standard InChI is InChI=1S/C39H35NO6/c1-4-6-25-8-11-34(41)30(18-25)31-19-26(7-5-2)9-12-35(31)43-16-17-44-39-32-23-40-15-14-28-21-37-38(46-24-45-37)22-29(28)33(40)20-27(32)10-13-36(39)42-3/h4-5,8-13,18-23H,1-2,6-7,14-17,24H2,3H3/p+1. The summed E-state index contributed by atoms with van der Waals surface area (Å²) in [4.78, 5) is 0. The van der Waals surface area contributed by atoms with Crippen molar-refractivity contribution >= 4 is 10.8 Å². The lowest BCUT2D eigenvalue weighted by Gasteiger charge is -2.18. The van der Waals surface area contributed by atoms with Crippen molar-refractivity contribution in [2.75, 3.05) is 27.1 Å². The summed E-state index contributed by atoms with van der Waals surface area (Å²) in [7, 11) is 1.65. The van der Waals surface area contributed by atoms with Crippen LogP contribution in [0.4, 0.5) is 0 Å². The number of fused-ring (bicyclic) bond motifs is 5. The fraction of sp³-hybridized carbons (Fsp3) is 0.205. The number of aromatic nitrogens is 1. The fourth-order valence-corrected chi connectivity index (χ4v) is 6.30. The summed E-state index contributed by atoms with van der Waals surface area (Å²) < 4.78 is 32.0. The monoisotopic (exact) mass is 614 g/mol. The van der Waals surface area contributed by atoms with Crippen LogP contribution in [0.25, 0.3) is 33.2 Å². The largest absolute Gasteiger partial charge is 0.507 e. The summed E-state index contributed by atoms with van der Waals surface area (Å²) in [6.45, 7) is 9.41. The molecule has 7 heteroatoms. The number of ether oxygens (including phenoxy) is 5. The second kappa shape index (κ2) is 12.5. The minimum atomic E-state index is 0.193. The van der Waals surface area contributed by atoms with E-state index in [9.17, 15) is 5.11 Å². The highest BCUT2D eigenvalue weighted by atomic mass is 16.7. The first-order chi connectivity index (χ1) is 22.6. The molecule has 5 aromatic rings. The predicted octanol–water partition coefficient (Wildman–Crippen LogP) is 7.38. The van der Waals surface area contributed by atoms with Crippen LogP contribution < -0.4 is 28.3 Å². The summed E-state index contributed by atoms with van der Waals surface area (Å²) in [5, 5.41) is 12.8. The van der Waals surface area contributed by atoms with E-state index in [2.05, 4.69) is 48.2 Å². The quantitative estimate of drug-likeness (QED) is 0.0952. The van der Waals surface area contributed by atoms with Gasteiger partial charge in [0.2, 0.25) is 12.5 Å². The van der Waals surface area contributed by atoms with Gasteiger partial charge in [0.1, 0.15) is 24.7 Å². The topological polar surface area (TPSA) is 70.3 Å². The molecule has 0 spiro atoms. The van der Waals surface area contributed by atoms with Gasteiger partial charge in [-0.15, -0.1) is 13.2 Å². The van der Waals surface area contributed by atoms with E-state index in [1.807, 2.05) is 48.6 Å². The van der Waals surface area contributed by atoms with Crippen molar-refractivity contribution in [3.63, 3.8) is 0 Å². The van der Waals surface area contributed by atoms with Crippen LogP contribution in [-0.4, -0.2) is 32.2 Å². The molecule has 7 nitrogen and oxygen atoms in total. The van der Waals surface area contributed by atoms with Crippen LogP contribution in [0.2, 0.25) is 0 Å². The van der Waals surface area contributed by atoms with Crippen molar-refractivity contribution in [2.45, 2.75) is 25.8 Å². The van der Waals surface area contributed by atoms with Gasteiger partial charge in [-0.1, -0.05) is 24.3 Å². The summed E-state index contributed by atoms with van der Waals surface area (Å²) in [6.07, 6.45) is 8.17. The normalized spacial score (nSPS) is 12.7. The van der Waals surface area contributed by atoms with E-state index in [0.29, 0.717) is 48.9 Å². The fourth-order valence-electron chi connectivity index (χ4n) is 6.30. The summed E-state index contributed by atoms with van der Waals surface area (Å²) >= 11 is 0. The van der Waals surface area contributed by atoms with Gasteiger partial charge in [0.05, 0.1) is 18.1 Å². The molecule has 2 aliphatic heterocycles. The minimum absolute atomic E-state index is 0.193. The third-order valence-corrected chi connectivity index (χ3v) is 8.54. The Hall–Kier alpha value is -5.43. The van der Waals surface area contributed by atoms with Gasteiger partial charge in [0.25, 0.3) is 0 Å². The molecule has 46 heavy (non-hydrogen) atoms. The number of allylic oxidation sites excluding steroid dienone is 2. The van der Waals surface area contributed by atoms with Crippen LogP contribution in [0.3, 0.4) is 0 Å². The number of hydrogen-bond acceptors (Lipinski definition) is 6. The SMILES string of the molecule is C=CCc1ccc(O)c(-c2cc(CC=C)ccc2OCCOc2c(OC)ccc3cc4[n+](cc23)CCc2cc3c(cc2-4)OCO3)c1. The van der Waals surface area contributed by atoms with E-state index >= 15 is 0 Å². The summed E-state index contributed by atoms with van der Waals surface area (Å²) in [5.74, 6) is 3.78.